The fourth-order valence-corrected chi connectivity index (χ4v) is 4.97. The van der Waals surface area contributed by atoms with Gasteiger partial charge in [0.1, 0.15) is 28.3 Å². The molecule has 0 spiro atoms. The number of Topliss-reactive ketones (excluding diaryl/α,β-unsaturated/α-hetero) is 1. The molecule has 1 aliphatic heterocycles. The molecule has 0 bridgehead atoms. The number of aliphatic carboxylic acids is 1. The number of hydrogen-bond acceptors (Lipinski definition) is 7. The SMILES string of the molecule is Cc1ccc(-c2csc(CC(=O)c3ccc(Oc4cc5c(cc4C#N)C(C(=O)O)CCO5)cc3)n2)cc1. The number of rotatable bonds is 7. The lowest BCUT2D eigenvalue weighted by Gasteiger charge is -2.24. The van der Waals surface area contributed by atoms with E-state index in [1.54, 1.807) is 30.3 Å². The molecule has 0 fully saturated rings. The minimum atomic E-state index is -0.952. The zero-order valence-corrected chi connectivity index (χ0v) is 20.7. The highest BCUT2D eigenvalue weighted by atomic mass is 32.1. The van der Waals surface area contributed by atoms with Gasteiger partial charge >= 0.3 is 5.97 Å². The lowest BCUT2D eigenvalue weighted by molar-refractivity contribution is -0.139. The van der Waals surface area contributed by atoms with Crippen molar-refractivity contribution < 1.29 is 24.2 Å². The summed E-state index contributed by atoms with van der Waals surface area (Å²) >= 11 is 1.46. The van der Waals surface area contributed by atoms with Gasteiger partial charge in [0.2, 0.25) is 0 Å². The van der Waals surface area contributed by atoms with E-state index in [4.69, 9.17) is 9.47 Å². The van der Waals surface area contributed by atoms with Gasteiger partial charge in [0.15, 0.2) is 5.78 Å². The third kappa shape index (κ3) is 5.22. The van der Waals surface area contributed by atoms with Gasteiger partial charge in [-0.1, -0.05) is 29.8 Å². The predicted octanol–water partition coefficient (Wildman–Crippen LogP) is 6.16. The van der Waals surface area contributed by atoms with Gasteiger partial charge in [-0.3, -0.25) is 9.59 Å². The van der Waals surface area contributed by atoms with Crippen LogP contribution in [0.1, 0.15) is 44.4 Å². The van der Waals surface area contributed by atoms with Crippen LogP contribution in [-0.2, 0) is 11.2 Å². The van der Waals surface area contributed by atoms with Crippen molar-refractivity contribution in [3.63, 3.8) is 0 Å². The average molecular weight is 511 g/mol. The Bertz CT molecular complexity index is 1520. The van der Waals surface area contributed by atoms with Gasteiger partial charge in [-0.05, 0) is 43.7 Å². The first-order chi connectivity index (χ1) is 17.9. The largest absolute Gasteiger partial charge is 0.493 e. The number of nitriles is 1. The van der Waals surface area contributed by atoms with E-state index in [1.165, 1.54) is 23.0 Å². The van der Waals surface area contributed by atoms with Crippen LogP contribution in [0, 0.1) is 18.3 Å². The Balaban J connectivity index is 1.29. The molecular weight excluding hydrogens is 488 g/mol. The van der Waals surface area contributed by atoms with Crippen molar-refractivity contribution in [2.75, 3.05) is 6.61 Å². The molecule has 37 heavy (non-hydrogen) atoms. The Morgan fingerprint density at radius 2 is 1.92 bits per heavy atom. The summed E-state index contributed by atoms with van der Waals surface area (Å²) in [5, 5.41) is 21.8. The van der Waals surface area contributed by atoms with Crippen molar-refractivity contribution in [3.8, 4) is 34.6 Å². The number of nitrogens with zero attached hydrogens (tertiary/aromatic N) is 2. The lowest BCUT2D eigenvalue weighted by Crippen LogP contribution is -2.21. The van der Waals surface area contributed by atoms with E-state index in [9.17, 15) is 20.0 Å². The normalized spacial score (nSPS) is 14.2. The maximum atomic E-state index is 12.8. The Morgan fingerprint density at radius 1 is 1.16 bits per heavy atom. The number of benzene rings is 3. The fourth-order valence-electron chi connectivity index (χ4n) is 4.17. The molecule has 1 atom stereocenters. The van der Waals surface area contributed by atoms with Crippen molar-refractivity contribution in [1.29, 1.82) is 5.26 Å². The highest BCUT2D eigenvalue weighted by Crippen LogP contribution is 2.39. The topological polar surface area (TPSA) is 110 Å². The standard InChI is InChI=1S/C29H22N2O5S/c1-17-2-4-18(5-3-17)24-16-37-28(31-24)13-25(32)19-6-8-21(9-7-19)36-26-14-27-23(12-20(26)15-30)22(29(33)34)10-11-35-27/h2-9,12,14,16,22H,10-11,13H2,1H3,(H,33,34). The van der Waals surface area contributed by atoms with Crippen LogP contribution in [0.25, 0.3) is 11.3 Å². The van der Waals surface area contributed by atoms with E-state index in [2.05, 4.69) is 11.1 Å². The summed E-state index contributed by atoms with van der Waals surface area (Å²) in [4.78, 5) is 29.0. The molecule has 0 amide bonds. The molecule has 1 aliphatic rings. The number of aryl methyl sites for hydroxylation is 1. The second kappa shape index (κ2) is 10.2. The first kappa shape index (κ1) is 24.2. The molecule has 184 valence electrons. The average Bonchev–Trinajstić information content (AvgIpc) is 3.37. The monoisotopic (exact) mass is 510 g/mol. The summed E-state index contributed by atoms with van der Waals surface area (Å²) in [6.07, 6.45) is 0.541. The smallest absolute Gasteiger partial charge is 0.311 e. The number of carboxylic acid groups (broad SMARTS) is 1. The minimum absolute atomic E-state index is 0.0593. The number of hydrogen-bond donors (Lipinski definition) is 1. The number of aromatic nitrogens is 1. The highest BCUT2D eigenvalue weighted by Gasteiger charge is 2.29. The highest BCUT2D eigenvalue weighted by molar-refractivity contribution is 7.10. The second-order valence-corrected chi connectivity index (χ2v) is 9.69. The molecule has 7 nitrogen and oxygen atoms in total. The third-order valence-corrected chi connectivity index (χ3v) is 7.03. The van der Waals surface area contributed by atoms with Crippen LogP contribution in [0.4, 0.5) is 0 Å². The van der Waals surface area contributed by atoms with Gasteiger partial charge in [-0.2, -0.15) is 5.26 Å². The number of fused-ring (bicyclic) bond motifs is 1. The van der Waals surface area contributed by atoms with Gasteiger partial charge < -0.3 is 14.6 Å². The van der Waals surface area contributed by atoms with Crippen LogP contribution < -0.4 is 9.47 Å². The first-order valence-corrected chi connectivity index (χ1v) is 12.6. The van der Waals surface area contributed by atoms with Crippen LogP contribution >= 0.6 is 11.3 Å². The molecule has 4 aromatic rings. The molecular formula is C29H22N2O5S. The van der Waals surface area contributed by atoms with E-state index in [0.29, 0.717) is 29.0 Å². The molecule has 8 heteroatoms. The Labute approximate surface area is 217 Å². The van der Waals surface area contributed by atoms with E-state index in [0.717, 1.165) is 16.3 Å². The number of carboxylic acids is 1. The quantitative estimate of drug-likeness (QED) is 0.297. The van der Waals surface area contributed by atoms with Gasteiger partial charge in [-0.15, -0.1) is 11.3 Å². The summed E-state index contributed by atoms with van der Waals surface area (Å²) in [7, 11) is 0. The molecule has 0 radical (unpaired) electrons. The van der Waals surface area contributed by atoms with Crippen LogP contribution in [-0.4, -0.2) is 28.4 Å². The summed E-state index contributed by atoms with van der Waals surface area (Å²) in [6, 6.07) is 19.9. The molecule has 1 aromatic heterocycles. The van der Waals surface area contributed by atoms with Crippen molar-refractivity contribution in [1.82, 2.24) is 4.98 Å². The Kier molecular flexibility index (Phi) is 6.71. The van der Waals surface area contributed by atoms with Crippen LogP contribution in [0.3, 0.4) is 0 Å². The van der Waals surface area contributed by atoms with Crippen molar-refractivity contribution in [2.24, 2.45) is 0 Å². The summed E-state index contributed by atoms with van der Waals surface area (Å²) in [5.41, 5.74) is 4.26. The number of carbonyl (C=O) groups is 2. The number of thiazole rings is 1. The summed E-state index contributed by atoms with van der Waals surface area (Å²) < 4.78 is 11.5. The lowest BCUT2D eigenvalue weighted by atomic mass is 9.91. The van der Waals surface area contributed by atoms with E-state index in [1.807, 2.05) is 36.6 Å². The number of carbonyl (C=O) groups excluding carboxylic acids is 1. The van der Waals surface area contributed by atoms with Gasteiger partial charge in [-0.25, -0.2) is 4.98 Å². The Morgan fingerprint density at radius 3 is 2.62 bits per heavy atom. The van der Waals surface area contributed by atoms with Gasteiger partial charge in [0.05, 0.1) is 30.2 Å². The molecule has 0 aliphatic carbocycles. The van der Waals surface area contributed by atoms with Crippen LogP contribution in [0.2, 0.25) is 0 Å². The van der Waals surface area contributed by atoms with E-state index < -0.39 is 11.9 Å². The van der Waals surface area contributed by atoms with Crippen LogP contribution in [0.15, 0.2) is 66.0 Å². The molecule has 2 heterocycles. The maximum Gasteiger partial charge on any atom is 0.311 e. The predicted molar refractivity (Wildman–Crippen MR) is 138 cm³/mol. The molecule has 3 aromatic carbocycles. The molecule has 0 saturated heterocycles. The number of ketones is 1. The Hall–Kier alpha value is -4.48. The number of ether oxygens (including phenoxy) is 2. The summed E-state index contributed by atoms with van der Waals surface area (Å²) in [5.74, 6) is -0.636. The van der Waals surface area contributed by atoms with Crippen molar-refractivity contribution in [3.05, 3.63) is 93.3 Å². The first-order valence-electron chi connectivity index (χ1n) is 11.7. The molecule has 0 saturated carbocycles. The van der Waals surface area contributed by atoms with Crippen molar-refractivity contribution >= 4 is 23.1 Å². The molecule has 5 rings (SSSR count). The zero-order valence-electron chi connectivity index (χ0n) is 19.9. The molecule has 1 N–H and O–H groups in total. The van der Waals surface area contributed by atoms with Crippen molar-refractivity contribution in [2.45, 2.75) is 25.7 Å². The van der Waals surface area contributed by atoms with Crippen LogP contribution in [0.5, 0.6) is 17.2 Å². The van der Waals surface area contributed by atoms with Gasteiger partial charge in [0.25, 0.3) is 0 Å². The van der Waals surface area contributed by atoms with E-state index in [-0.39, 0.29) is 30.1 Å². The third-order valence-electron chi connectivity index (χ3n) is 6.19. The summed E-state index contributed by atoms with van der Waals surface area (Å²) in [6.45, 7) is 2.31. The maximum absolute atomic E-state index is 12.8. The molecule has 1 unspecified atom stereocenters. The van der Waals surface area contributed by atoms with E-state index >= 15 is 0 Å². The zero-order chi connectivity index (χ0) is 25.9. The fraction of sp³-hybridized carbons (Fsp3) is 0.172. The second-order valence-electron chi connectivity index (χ2n) is 8.74. The van der Waals surface area contributed by atoms with Gasteiger partial charge in [0, 0.05) is 28.1 Å². The minimum Gasteiger partial charge on any atom is -0.493 e.